The first-order chi connectivity index (χ1) is 8.18. The number of hydrogen-bond donors (Lipinski definition) is 3. The molecule has 1 rings (SSSR count). The van der Waals surface area contributed by atoms with Gasteiger partial charge in [-0.2, -0.15) is 13.1 Å². The molecular weight excluding hydrogens is 252 g/mol. The van der Waals surface area contributed by atoms with E-state index < -0.39 is 15.7 Å². The highest BCUT2D eigenvalue weighted by molar-refractivity contribution is 7.87. The summed E-state index contributed by atoms with van der Waals surface area (Å²) >= 11 is 0. The van der Waals surface area contributed by atoms with Crippen LogP contribution < -0.4 is 9.44 Å². The van der Waals surface area contributed by atoms with Crippen molar-refractivity contribution in [1.82, 2.24) is 9.44 Å². The van der Waals surface area contributed by atoms with Crippen LogP contribution in [0.4, 0.5) is 0 Å². The first-order valence-corrected chi connectivity index (χ1v) is 7.23. The highest BCUT2D eigenvalue weighted by Crippen LogP contribution is 2.09. The van der Waals surface area contributed by atoms with Gasteiger partial charge in [0.1, 0.15) is 5.75 Å². The summed E-state index contributed by atoms with van der Waals surface area (Å²) in [6.07, 6.45) is 0.575. The fraction of sp³-hybridized carbons (Fsp3) is 0.500. The maximum Gasteiger partial charge on any atom is 0.277 e. The summed E-state index contributed by atoms with van der Waals surface area (Å²) in [5.74, 6) is 0.203. The Morgan fingerprint density at radius 1 is 1.17 bits per heavy atom. The highest BCUT2D eigenvalue weighted by Gasteiger charge is 2.18. The Kier molecular flexibility index (Phi) is 4.72. The normalized spacial score (nSPS) is 12.6. The average Bonchev–Trinajstić information content (AvgIpc) is 2.17. The van der Waals surface area contributed by atoms with Gasteiger partial charge in [-0.15, -0.1) is 0 Å². The van der Waals surface area contributed by atoms with E-state index in [4.69, 9.17) is 5.11 Å². The number of benzene rings is 1. The van der Waals surface area contributed by atoms with Crippen molar-refractivity contribution in [2.45, 2.75) is 32.7 Å². The Morgan fingerprint density at radius 2 is 1.72 bits per heavy atom. The van der Waals surface area contributed by atoms with Gasteiger partial charge in [-0.1, -0.05) is 12.1 Å². The Labute approximate surface area is 108 Å². The first kappa shape index (κ1) is 14.9. The van der Waals surface area contributed by atoms with Crippen molar-refractivity contribution in [2.24, 2.45) is 0 Å². The Balaban J connectivity index is 2.44. The summed E-state index contributed by atoms with van der Waals surface area (Å²) < 4.78 is 28.2. The molecule has 0 amide bonds. The van der Waals surface area contributed by atoms with Crippen molar-refractivity contribution < 1.29 is 13.5 Å². The minimum Gasteiger partial charge on any atom is -0.508 e. The molecular formula is C12H20N2O3S. The lowest BCUT2D eigenvalue weighted by atomic mass is 10.1. The van der Waals surface area contributed by atoms with Crippen LogP contribution in [-0.2, 0) is 16.6 Å². The van der Waals surface area contributed by atoms with E-state index in [2.05, 4.69) is 9.44 Å². The van der Waals surface area contributed by atoms with E-state index >= 15 is 0 Å². The van der Waals surface area contributed by atoms with E-state index in [-0.39, 0.29) is 5.75 Å². The standard InChI is InChI=1S/C12H20N2O3S/c1-12(2,3)14-18(16,17)13-9-8-10-4-6-11(15)7-5-10/h4-7,13-15H,8-9H2,1-3H3. The molecule has 18 heavy (non-hydrogen) atoms. The lowest BCUT2D eigenvalue weighted by Gasteiger charge is -2.20. The molecule has 0 bridgehead atoms. The van der Waals surface area contributed by atoms with E-state index in [0.29, 0.717) is 13.0 Å². The van der Waals surface area contributed by atoms with Gasteiger partial charge < -0.3 is 5.11 Å². The van der Waals surface area contributed by atoms with Crippen molar-refractivity contribution in [2.75, 3.05) is 6.54 Å². The Hall–Kier alpha value is -1.11. The molecule has 0 spiro atoms. The van der Waals surface area contributed by atoms with E-state index in [1.165, 1.54) is 0 Å². The van der Waals surface area contributed by atoms with Gasteiger partial charge in [0.15, 0.2) is 0 Å². The average molecular weight is 272 g/mol. The van der Waals surface area contributed by atoms with Gasteiger partial charge in [0.05, 0.1) is 0 Å². The van der Waals surface area contributed by atoms with Crippen molar-refractivity contribution in [1.29, 1.82) is 0 Å². The minimum absolute atomic E-state index is 0.203. The number of hydrogen-bond acceptors (Lipinski definition) is 3. The summed E-state index contributed by atoms with van der Waals surface area (Å²) in [6, 6.07) is 6.69. The smallest absolute Gasteiger partial charge is 0.277 e. The molecule has 3 N–H and O–H groups in total. The molecule has 0 radical (unpaired) electrons. The molecule has 5 nitrogen and oxygen atoms in total. The Morgan fingerprint density at radius 3 is 2.22 bits per heavy atom. The predicted molar refractivity (Wildman–Crippen MR) is 71.6 cm³/mol. The molecule has 0 fully saturated rings. The molecule has 0 saturated heterocycles. The van der Waals surface area contributed by atoms with Gasteiger partial charge in [-0.25, -0.2) is 4.72 Å². The fourth-order valence-corrected chi connectivity index (χ4v) is 2.68. The summed E-state index contributed by atoms with van der Waals surface area (Å²) in [7, 11) is -3.47. The van der Waals surface area contributed by atoms with Crippen LogP contribution in [0.5, 0.6) is 5.75 Å². The second-order valence-corrected chi connectivity index (χ2v) is 6.67. The first-order valence-electron chi connectivity index (χ1n) is 5.74. The third kappa shape index (κ3) is 6.00. The van der Waals surface area contributed by atoms with Crippen LogP contribution in [-0.4, -0.2) is 25.6 Å². The predicted octanol–water partition coefficient (Wildman–Crippen LogP) is 1.16. The molecule has 0 aliphatic heterocycles. The summed E-state index contributed by atoms with van der Waals surface area (Å²) in [6.45, 7) is 5.67. The second-order valence-electron chi connectivity index (χ2n) is 5.17. The number of phenolic OH excluding ortho intramolecular Hbond substituents is 1. The third-order valence-corrected chi connectivity index (χ3v) is 3.55. The maximum atomic E-state index is 11.6. The maximum absolute atomic E-state index is 11.6. The molecule has 0 aromatic heterocycles. The van der Waals surface area contributed by atoms with Crippen LogP contribution in [0, 0.1) is 0 Å². The molecule has 6 heteroatoms. The van der Waals surface area contributed by atoms with Crippen molar-refractivity contribution in [3.05, 3.63) is 29.8 Å². The largest absolute Gasteiger partial charge is 0.508 e. The zero-order chi connectivity index (χ0) is 13.8. The van der Waals surface area contributed by atoms with Gasteiger partial charge >= 0.3 is 0 Å². The number of nitrogens with one attached hydrogen (secondary N) is 2. The zero-order valence-corrected chi connectivity index (χ0v) is 11.7. The van der Waals surface area contributed by atoms with Crippen LogP contribution >= 0.6 is 0 Å². The van der Waals surface area contributed by atoms with Crippen LogP contribution in [0.2, 0.25) is 0 Å². The number of phenols is 1. The molecule has 0 unspecified atom stereocenters. The SMILES string of the molecule is CC(C)(C)NS(=O)(=O)NCCc1ccc(O)cc1. The summed E-state index contributed by atoms with van der Waals surface area (Å²) in [4.78, 5) is 0. The van der Waals surface area contributed by atoms with Crippen molar-refractivity contribution in [3.63, 3.8) is 0 Å². The van der Waals surface area contributed by atoms with Gasteiger partial charge in [0.25, 0.3) is 10.2 Å². The van der Waals surface area contributed by atoms with E-state index in [1.807, 2.05) is 0 Å². The molecule has 0 atom stereocenters. The summed E-state index contributed by atoms with van der Waals surface area (Å²) in [5.41, 5.74) is 0.468. The second kappa shape index (κ2) is 5.69. The summed E-state index contributed by atoms with van der Waals surface area (Å²) in [5, 5.41) is 9.12. The minimum atomic E-state index is -3.47. The van der Waals surface area contributed by atoms with Gasteiger partial charge in [-0.05, 0) is 44.9 Å². The van der Waals surface area contributed by atoms with Crippen LogP contribution in [0.15, 0.2) is 24.3 Å². The molecule has 0 saturated carbocycles. The third-order valence-electron chi connectivity index (χ3n) is 2.08. The topological polar surface area (TPSA) is 78.4 Å². The van der Waals surface area contributed by atoms with E-state index in [9.17, 15) is 8.42 Å². The quantitative estimate of drug-likeness (QED) is 0.752. The Bertz CT molecular complexity index is 475. The van der Waals surface area contributed by atoms with Gasteiger partial charge in [0, 0.05) is 12.1 Å². The fourth-order valence-electron chi connectivity index (χ4n) is 1.43. The van der Waals surface area contributed by atoms with E-state index in [0.717, 1.165) is 5.56 Å². The number of aromatic hydroxyl groups is 1. The lowest BCUT2D eigenvalue weighted by Crippen LogP contribution is -2.47. The molecule has 0 aliphatic rings. The molecule has 1 aromatic carbocycles. The lowest BCUT2D eigenvalue weighted by molar-refractivity contribution is 0.474. The van der Waals surface area contributed by atoms with Crippen LogP contribution in [0.1, 0.15) is 26.3 Å². The van der Waals surface area contributed by atoms with Crippen LogP contribution in [0.25, 0.3) is 0 Å². The van der Waals surface area contributed by atoms with Crippen molar-refractivity contribution >= 4 is 10.2 Å². The van der Waals surface area contributed by atoms with Crippen molar-refractivity contribution in [3.8, 4) is 5.75 Å². The molecule has 0 aliphatic carbocycles. The molecule has 0 heterocycles. The zero-order valence-electron chi connectivity index (χ0n) is 10.9. The van der Waals surface area contributed by atoms with Crippen LogP contribution in [0.3, 0.4) is 0 Å². The van der Waals surface area contributed by atoms with Gasteiger partial charge in [-0.3, -0.25) is 0 Å². The van der Waals surface area contributed by atoms with E-state index in [1.54, 1.807) is 45.0 Å². The molecule has 1 aromatic rings. The molecule has 102 valence electrons. The monoisotopic (exact) mass is 272 g/mol. The van der Waals surface area contributed by atoms with Gasteiger partial charge in [0.2, 0.25) is 0 Å². The number of rotatable bonds is 5. The highest BCUT2D eigenvalue weighted by atomic mass is 32.2.